The van der Waals surface area contributed by atoms with Gasteiger partial charge in [-0.15, -0.1) is 0 Å². The highest BCUT2D eigenvalue weighted by Crippen LogP contribution is 2.41. The normalized spacial score (nSPS) is 14.1. The van der Waals surface area contributed by atoms with Crippen molar-refractivity contribution in [3.63, 3.8) is 0 Å². The van der Waals surface area contributed by atoms with Crippen LogP contribution in [0.2, 0.25) is 5.02 Å². The first-order valence-electron chi connectivity index (χ1n) is 13.4. The van der Waals surface area contributed by atoms with Crippen molar-refractivity contribution < 1.29 is 23.7 Å². The van der Waals surface area contributed by atoms with Gasteiger partial charge in [-0.25, -0.2) is 4.68 Å². The Bertz CT molecular complexity index is 1630. The summed E-state index contributed by atoms with van der Waals surface area (Å²) in [5, 5.41) is 10.9. The van der Waals surface area contributed by atoms with E-state index in [4.69, 9.17) is 30.5 Å². The van der Waals surface area contributed by atoms with Gasteiger partial charge in [0.05, 0.1) is 37.1 Å². The SMILES string of the molecule is CCOc1cc(C2C(C(=O)Nc3cc(OC)c(Cl)cc3OC)=C(C)Nc3ncnn32)ccc1OCc1ccc(C)cc1. The van der Waals surface area contributed by atoms with Gasteiger partial charge in [0, 0.05) is 17.8 Å². The van der Waals surface area contributed by atoms with Crippen molar-refractivity contribution in [2.75, 3.05) is 31.5 Å². The van der Waals surface area contributed by atoms with Crippen molar-refractivity contribution in [1.82, 2.24) is 14.8 Å². The molecule has 1 atom stereocenters. The third kappa shape index (κ3) is 5.84. The number of allylic oxidation sites excluding steroid dienone is 1. The molecule has 1 unspecified atom stereocenters. The maximum absolute atomic E-state index is 14.0. The summed E-state index contributed by atoms with van der Waals surface area (Å²) in [5.74, 6) is 2.09. The Morgan fingerprint density at radius 2 is 1.74 bits per heavy atom. The van der Waals surface area contributed by atoms with Crippen molar-refractivity contribution in [2.45, 2.75) is 33.4 Å². The number of aryl methyl sites for hydroxylation is 1. The fourth-order valence-electron chi connectivity index (χ4n) is 4.77. The number of halogens is 1. The molecule has 0 bridgehead atoms. The van der Waals surface area contributed by atoms with E-state index in [1.54, 1.807) is 16.8 Å². The number of nitrogens with zero attached hydrogens (tertiary/aromatic N) is 3. The van der Waals surface area contributed by atoms with E-state index in [0.717, 1.165) is 11.1 Å². The Kier molecular flexibility index (Phi) is 8.53. The van der Waals surface area contributed by atoms with E-state index in [0.29, 0.717) is 64.1 Å². The molecule has 0 aliphatic carbocycles. The Balaban J connectivity index is 1.50. The number of carbonyl (C=O) groups is 1. The third-order valence-electron chi connectivity index (χ3n) is 6.86. The second kappa shape index (κ2) is 12.4. The van der Waals surface area contributed by atoms with Crippen LogP contribution in [-0.4, -0.2) is 41.5 Å². The van der Waals surface area contributed by atoms with Crippen LogP contribution >= 0.6 is 11.6 Å². The molecule has 0 spiro atoms. The van der Waals surface area contributed by atoms with Gasteiger partial charge in [-0.3, -0.25) is 4.79 Å². The Labute approximate surface area is 249 Å². The van der Waals surface area contributed by atoms with Crippen LogP contribution in [0.3, 0.4) is 0 Å². The van der Waals surface area contributed by atoms with Gasteiger partial charge < -0.3 is 29.6 Å². The standard InChI is InChI=1S/C31H32ClN5O5/c1-6-41-27-13-21(11-12-24(27)42-16-20-9-7-18(2)8-10-20)29-28(19(3)35-31-33-17-34-37(29)31)30(38)36-23-15-25(39-4)22(32)14-26(23)40-5/h7-15,17,29H,6,16H2,1-5H3,(H,36,38)(H,33,34,35). The average molecular weight is 590 g/mol. The van der Waals surface area contributed by atoms with Crippen molar-refractivity contribution in [3.8, 4) is 23.0 Å². The van der Waals surface area contributed by atoms with Crippen molar-refractivity contribution in [2.24, 2.45) is 0 Å². The number of ether oxygens (including phenoxy) is 4. The number of rotatable bonds is 10. The zero-order chi connectivity index (χ0) is 29.8. The molecule has 0 saturated heterocycles. The third-order valence-corrected chi connectivity index (χ3v) is 7.15. The van der Waals surface area contributed by atoms with Crippen LogP contribution in [0.5, 0.6) is 23.0 Å². The number of aromatic nitrogens is 3. The van der Waals surface area contributed by atoms with Crippen LogP contribution in [-0.2, 0) is 11.4 Å². The number of amides is 1. The maximum Gasteiger partial charge on any atom is 0.255 e. The summed E-state index contributed by atoms with van der Waals surface area (Å²) in [6, 6.07) is 16.4. The Morgan fingerprint density at radius 3 is 2.45 bits per heavy atom. The van der Waals surface area contributed by atoms with Crippen molar-refractivity contribution >= 4 is 29.1 Å². The van der Waals surface area contributed by atoms with Crippen LogP contribution in [0.25, 0.3) is 0 Å². The number of methoxy groups -OCH3 is 2. The van der Waals surface area contributed by atoms with Crippen molar-refractivity contribution in [1.29, 1.82) is 0 Å². The van der Waals surface area contributed by atoms with Gasteiger partial charge in [0.25, 0.3) is 5.91 Å². The topological polar surface area (TPSA) is 109 Å². The lowest BCUT2D eigenvalue weighted by Gasteiger charge is -2.29. The molecule has 0 radical (unpaired) electrons. The van der Waals surface area contributed by atoms with Crippen LogP contribution in [0.1, 0.15) is 36.6 Å². The van der Waals surface area contributed by atoms with Gasteiger partial charge in [0.2, 0.25) is 5.95 Å². The minimum atomic E-state index is -0.616. The van der Waals surface area contributed by atoms with Gasteiger partial charge in [-0.1, -0.05) is 47.5 Å². The predicted octanol–water partition coefficient (Wildman–Crippen LogP) is 6.16. The van der Waals surface area contributed by atoms with E-state index in [2.05, 4.69) is 32.8 Å². The van der Waals surface area contributed by atoms with E-state index in [9.17, 15) is 4.79 Å². The minimum absolute atomic E-state index is 0.361. The zero-order valence-electron chi connectivity index (χ0n) is 24.0. The van der Waals surface area contributed by atoms with Crippen LogP contribution < -0.4 is 29.6 Å². The molecule has 10 nitrogen and oxygen atoms in total. The van der Waals surface area contributed by atoms with Crippen LogP contribution in [0.4, 0.5) is 11.6 Å². The van der Waals surface area contributed by atoms with Gasteiger partial charge in [-0.2, -0.15) is 10.1 Å². The molecule has 2 N–H and O–H groups in total. The number of hydrogen-bond donors (Lipinski definition) is 2. The molecule has 1 aliphatic rings. The highest BCUT2D eigenvalue weighted by Gasteiger charge is 2.34. The molecule has 1 aromatic heterocycles. The molecule has 218 valence electrons. The molecule has 1 amide bonds. The van der Waals surface area contributed by atoms with E-state index in [1.165, 1.54) is 26.1 Å². The average Bonchev–Trinajstić information content (AvgIpc) is 3.45. The van der Waals surface area contributed by atoms with Crippen LogP contribution in [0.15, 0.2) is 72.2 Å². The van der Waals surface area contributed by atoms with Crippen LogP contribution in [0, 0.1) is 6.92 Å². The molecule has 4 aromatic rings. The fraction of sp³-hybridized carbons (Fsp3) is 0.258. The number of hydrogen-bond acceptors (Lipinski definition) is 8. The molecule has 3 aromatic carbocycles. The number of carbonyl (C=O) groups excluding carboxylic acids is 1. The van der Waals surface area contributed by atoms with E-state index >= 15 is 0 Å². The summed E-state index contributed by atoms with van der Waals surface area (Å²) in [4.78, 5) is 18.3. The molecule has 11 heteroatoms. The first-order valence-corrected chi connectivity index (χ1v) is 13.8. The first-order chi connectivity index (χ1) is 20.3. The molecule has 0 fully saturated rings. The fourth-order valence-corrected chi connectivity index (χ4v) is 5.00. The van der Waals surface area contributed by atoms with Gasteiger partial charge in [-0.05, 0) is 44.0 Å². The summed E-state index contributed by atoms with van der Waals surface area (Å²) in [6.07, 6.45) is 1.44. The largest absolute Gasteiger partial charge is 0.495 e. The quantitative estimate of drug-likeness (QED) is 0.226. The van der Waals surface area contributed by atoms with Gasteiger partial charge in [0.15, 0.2) is 11.5 Å². The predicted molar refractivity (Wildman–Crippen MR) is 161 cm³/mol. The monoisotopic (exact) mass is 589 g/mol. The van der Waals surface area contributed by atoms with E-state index in [-0.39, 0.29) is 5.91 Å². The van der Waals surface area contributed by atoms with Gasteiger partial charge >= 0.3 is 0 Å². The zero-order valence-corrected chi connectivity index (χ0v) is 24.8. The minimum Gasteiger partial charge on any atom is -0.495 e. The molecule has 42 heavy (non-hydrogen) atoms. The molecule has 1 aliphatic heterocycles. The molecule has 5 rings (SSSR count). The lowest BCUT2D eigenvalue weighted by molar-refractivity contribution is -0.113. The lowest BCUT2D eigenvalue weighted by Crippen LogP contribution is -2.31. The molecular formula is C31H32ClN5O5. The summed E-state index contributed by atoms with van der Waals surface area (Å²) >= 11 is 6.27. The summed E-state index contributed by atoms with van der Waals surface area (Å²) in [6.45, 7) is 6.60. The second-order valence-electron chi connectivity index (χ2n) is 9.65. The van der Waals surface area contributed by atoms with Crippen molar-refractivity contribution in [3.05, 3.63) is 93.9 Å². The summed E-state index contributed by atoms with van der Waals surface area (Å²) in [5.41, 5.74) is 4.45. The number of benzene rings is 3. The maximum atomic E-state index is 14.0. The Morgan fingerprint density at radius 1 is 0.976 bits per heavy atom. The van der Waals surface area contributed by atoms with Gasteiger partial charge in [0.1, 0.15) is 30.5 Å². The number of anilines is 2. The molecular weight excluding hydrogens is 558 g/mol. The van der Waals surface area contributed by atoms with E-state index < -0.39 is 6.04 Å². The summed E-state index contributed by atoms with van der Waals surface area (Å²) in [7, 11) is 3.01. The van der Waals surface area contributed by atoms with E-state index in [1.807, 2.05) is 51.1 Å². The highest BCUT2D eigenvalue weighted by molar-refractivity contribution is 6.32. The number of fused-ring (bicyclic) bond motifs is 1. The second-order valence-corrected chi connectivity index (χ2v) is 10.1. The summed E-state index contributed by atoms with van der Waals surface area (Å²) < 4.78 is 24.6. The highest BCUT2D eigenvalue weighted by atomic mass is 35.5. The number of nitrogens with one attached hydrogen (secondary N) is 2. The lowest BCUT2D eigenvalue weighted by atomic mass is 9.94. The molecule has 0 saturated carbocycles. The first kappa shape index (κ1) is 28.8. The Hall–Kier alpha value is -4.70. The smallest absolute Gasteiger partial charge is 0.255 e. The molecule has 2 heterocycles.